The first-order valence-corrected chi connectivity index (χ1v) is 9.86. The summed E-state index contributed by atoms with van der Waals surface area (Å²) in [5.41, 5.74) is 3.59. The van der Waals surface area contributed by atoms with Crippen molar-refractivity contribution in [3.05, 3.63) is 70.8 Å². The Kier molecular flexibility index (Phi) is 5.18. The van der Waals surface area contributed by atoms with Gasteiger partial charge in [0.25, 0.3) is 5.91 Å². The van der Waals surface area contributed by atoms with E-state index in [1.54, 1.807) is 7.11 Å². The molecule has 0 bridgehead atoms. The number of benzene rings is 2. The molecule has 2 atom stereocenters. The van der Waals surface area contributed by atoms with E-state index in [1.165, 1.54) is 0 Å². The van der Waals surface area contributed by atoms with Crippen LogP contribution in [0.1, 0.15) is 51.8 Å². The molecule has 0 aromatic heterocycles. The highest BCUT2D eigenvalue weighted by atomic mass is 16.5. The largest absolute Gasteiger partial charge is 0.383 e. The van der Waals surface area contributed by atoms with Gasteiger partial charge in [-0.3, -0.25) is 9.59 Å². The zero-order chi connectivity index (χ0) is 19.7. The summed E-state index contributed by atoms with van der Waals surface area (Å²) < 4.78 is 5.08. The summed E-state index contributed by atoms with van der Waals surface area (Å²) in [6, 6.07) is 15.6. The molecule has 2 aromatic rings. The van der Waals surface area contributed by atoms with Crippen LogP contribution < -0.4 is 5.32 Å². The van der Waals surface area contributed by atoms with Crippen LogP contribution in [0.2, 0.25) is 0 Å². The van der Waals surface area contributed by atoms with E-state index in [-0.39, 0.29) is 23.9 Å². The Morgan fingerprint density at radius 2 is 1.96 bits per heavy atom. The SMILES string of the molecule is COCCNC(=O)[C@@H]1c2ccccc2C(=O)N(C2CC2)[C@@H]1c1cccc(C)c1. The van der Waals surface area contributed by atoms with Crippen LogP contribution in [-0.2, 0) is 9.53 Å². The molecule has 28 heavy (non-hydrogen) atoms. The third-order valence-electron chi connectivity index (χ3n) is 5.59. The minimum absolute atomic E-state index is 0.0329. The van der Waals surface area contributed by atoms with E-state index in [2.05, 4.69) is 11.4 Å². The average Bonchev–Trinajstić information content (AvgIpc) is 3.53. The van der Waals surface area contributed by atoms with Gasteiger partial charge in [0.05, 0.1) is 18.6 Å². The first-order valence-electron chi connectivity index (χ1n) is 9.86. The first kappa shape index (κ1) is 18.7. The zero-order valence-corrected chi connectivity index (χ0v) is 16.4. The van der Waals surface area contributed by atoms with Gasteiger partial charge in [-0.05, 0) is 37.0 Å². The van der Waals surface area contributed by atoms with Crippen LogP contribution in [0.5, 0.6) is 0 Å². The Morgan fingerprint density at radius 3 is 2.68 bits per heavy atom. The van der Waals surface area contributed by atoms with Gasteiger partial charge in [0.15, 0.2) is 0 Å². The fraction of sp³-hybridized carbons (Fsp3) is 0.391. The van der Waals surface area contributed by atoms with Crippen LogP contribution >= 0.6 is 0 Å². The number of hydrogen-bond acceptors (Lipinski definition) is 3. The summed E-state index contributed by atoms with van der Waals surface area (Å²) in [6.07, 6.45) is 1.99. The number of ether oxygens (including phenoxy) is 1. The highest BCUT2D eigenvalue weighted by Gasteiger charge is 2.48. The van der Waals surface area contributed by atoms with Crippen LogP contribution in [0.25, 0.3) is 0 Å². The van der Waals surface area contributed by atoms with E-state index in [0.29, 0.717) is 18.7 Å². The van der Waals surface area contributed by atoms with Gasteiger partial charge in [0.1, 0.15) is 0 Å². The monoisotopic (exact) mass is 378 g/mol. The van der Waals surface area contributed by atoms with Crippen molar-refractivity contribution in [3.8, 4) is 0 Å². The van der Waals surface area contributed by atoms with Crippen molar-refractivity contribution < 1.29 is 14.3 Å². The number of methoxy groups -OCH3 is 1. The molecule has 0 saturated heterocycles. The third-order valence-corrected chi connectivity index (χ3v) is 5.59. The van der Waals surface area contributed by atoms with Gasteiger partial charge in [-0.1, -0.05) is 48.0 Å². The lowest BCUT2D eigenvalue weighted by molar-refractivity contribution is -0.124. The smallest absolute Gasteiger partial charge is 0.254 e. The molecule has 1 aliphatic heterocycles. The summed E-state index contributed by atoms with van der Waals surface area (Å²) >= 11 is 0. The van der Waals surface area contributed by atoms with E-state index in [4.69, 9.17) is 4.74 Å². The van der Waals surface area contributed by atoms with Crippen LogP contribution in [0.15, 0.2) is 48.5 Å². The number of carbonyl (C=O) groups excluding carboxylic acids is 2. The molecular weight excluding hydrogens is 352 g/mol. The van der Waals surface area contributed by atoms with Gasteiger partial charge in [0, 0.05) is 25.3 Å². The maximum atomic E-state index is 13.4. The second kappa shape index (κ2) is 7.76. The molecule has 0 spiro atoms. The molecule has 1 N–H and O–H groups in total. The predicted octanol–water partition coefficient (Wildman–Crippen LogP) is 3.20. The Morgan fingerprint density at radius 1 is 1.18 bits per heavy atom. The van der Waals surface area contributed by atoms with E-state index in [0.717, 1.165) is 29.5 Å². The summed E-state index contributed by atoms with van der Waals surface area (Å²) in [5.74, 6) is -0.465. The standard InChI is InChI=1S/C23H26N2O3/c1-15-6-5-7-16(14-15)21-20(22(26)24-12-13-28-2)18-8-3-4-9-19(18)23(27)25(21)17-10-11-17/h3-9,14,17,20-21H,10-13H2,1-2H3,(H,24,26)/t20-,21-/m1/s1. The second-order valence-corrected chi connectivity index (χ2v) is 7.65. The number of carbonyl (C=O) groups is 2. The summed E-state index contributed by atoms with van der Waals surface area (Å²) in [6.45, 7) is 2.95. The summed E-state index contributed by atoms with van der Waals surface area (Å²) in [5, 5.41) is 3.00. The topological polar surface area (TPSA) is 58.6 Å². The number of hydrogen-bond donors (Lipinski definition) is 1. The molecule has 1 fully saturated rings. The van der Waals surface area contributed by atoms with Crippen LogP contribution in [0.3, 0.4) is 0 Å². The highest BCUT2D eigenvalue weighted by Crippen LogP contribution is 2.47. The van der Waals surface area contributed by atoms with Crippen LogP contribution in [0, 0.1) is 6.92 Å². The van der Waals surface area contributed by atoms with E-state index in [1.807, 2.05) is 54.3 Å². The number of fused-ring (bicyclic) bond motifs is 1. The minimum Gasteiger partial charge on any atom is -0.383 e. The summed E-state index contributed by atoms with van der Waals surface area (Å²) in [4.78, 5) is 28.6. The van der Waals surface area contributed by atoms with Gasteiger partial charge in [-0.25, -0.2) is 0 Å². The molecule has 1 heterocycles. The molecule has 0 unspecified atom stereocenters. The van der Waals surface area contributed by atoms with Crippen molar-refractivity contribution in [2.45, 2.75) is 37.8 Å². The Labute approximate surface area is 165 Å². The Hall–Kier alpha value is -2.66. The van der Waals surface area contributed by atoms with Crippen LogP contribution in [-0.4, -0.2) is 43.0 Å². The molecule has 1 saturated carbocycles. The number of aryl methyl sites for hydroxylation is 1. The van der Waals surface area contributed by atoms with Gasteiger partial charge >= 0.3 is 0 Å². The lowest BCUT2D eigenvalue weighted by Gasteiger charge is -2.42. The average molecular weight is 378 g/mol. The van der Waals surface area contributed by atoms with E-state index < -0.39 is 5.92 Å². The number of nitrogens with zero attached hydrogens (tertiary/aromatic N) is 1. The lowest BCUT2D eigenvalue weighted by atomic mass is 9.78. The quantitative estimate of drug-likeness (QED) is 0.786. The van der Waals surface area contributed by atoms with E-state index in [9.17, 15) is 9.59 Å². The molecule has 0 radical (unpaired) electrons. The molecule has 1 aliphatic carbocycles. The van der Waals surface area contributed by atoms with Gasteiger partial charge < -0.3 is 15.0 Å². The normalized spacial score (nSPS) is 21.4. The highest BCUT2D eigenvalue weighted by molar-refractivity contribution is 6.01. The van der Waals surface area contributed by atoms with Crippen molar-refractivity contribution in [2.75, 3.05) is 20.3 Å². The summed E-state index contributed by atoms with van der Waals surface area (Å²) in [7, 11) is 1.62. The van der Waals surface area contributed by atoms with Crippen molar-refractivity contribution in [3.63, 3.8) is 0 Å². The Bertz CT molecular complexity index is 891. The molecule has 2 aromatic carbocycles. The van der Waals surface area contributed by atoms with Gasteiger partial charge in [0.2, 0.25) is 5.91 Å². The number of nitrogens with one attached hydrogen (secondary N) is 1. The maximum absolute atomic E-state index is 13.4. The molecule has 146 valence electrons. The third kappa shape index (κ3) is 3.42. The molecule has 4 rings (SSSR count). The molecule has 5 nitrogen and oxygen atoms in total. The van der Waals surface area contributed by atoms with Crippen LogP contribution in [0.4, 0.5) is 0 Å². The van der Waals surface area contributed by atoms with Gasteiger partial charge in [-0.2, -0.15) is 0 Å². The van der Waals surface area contributed by atoms with Crippen molar-refractivity contribution >= 4 is 11.8 Å². The zero-order valence-electron chi connectivity index (χ0n) is 16.4. The fourth-order valence-corrected chi connectivity index (χ4v) is 4.18. The first-order chi connectivity index (χ1) is 13.6. The van der Waals surface area contributed by atoms with Crippen molar-refractivity contribution in [1.82, 2.24) is 10.2 Å². The molecular formula is C23H26N2O3. The van der Waals surface area contributed by atoms with Crippen molar-refractivity contribution in [1.29, 1.82) is 0 Å². The van der Waals surface area contributed by atoms with E-state index >= 15 is 0 Å². The number of amides is 2. The minimum atomic E-state index is -0.437. The molecule has 2 amide bonds. The fourth-order valence-electron chi connectivity index (χ4n) is 4.18. The predicted molar refractivity (Wildman–Crippen MR) is 107 cm³/mol. The Balaban J connectivity index is 1.82. The molecule has 5 heteroatoms. The maximum Gasteiger partial charge on any atom is 0.254 e. The van der Waals surface area contributed by atoms with Gasteiger partial charge in [-0.15, -0.1) is 0 Å². The lowest BCUT2D eigenvalue weighted by Crippen LogP contribution is -2.48. The molecule has 2 aliphatic rings. The van der Waals surface area contributed by atoms with Crippen molar-refractivity contribution in [2.24, 2.45) is 0 Å². The number of rotatable bonds is 6. The second-order valence-electron chi connectivity index (χ2n) is 7.65.